The zero-order chi connectivity index (χ0) is 11.3. The third-order valence-corrected chi connectivity index (χ3v) is 2.28. The van der Waals surface area contributed by atoms with E-state index in [-0.39, 0.29) is 6.10 Å². The summed E-state index contributed by atoms with van der Waals surface area (Å²) in [4.78, 5) is 10.6. The van der Waals surface area contributed by atoms with Crippen molar-refractivity contribution in [2.45, 2.75) is 32.8 Å². The summed E-state index contributed by atoms with van der Waals surface area (Å²) in [6.07, 6.45) is 0.677. The molecule has 1 aromatic carbocycles. The molecule has 0 aliphatic rings. The van der Waals surface area contributed by atoms with E-state index in [0.717, 1.165) is 12.8 Å². The van der Waals surface area contributed by atoms with Crippen molar-refractivity contribution in [2.75, 3.05) is 0 Å². The molecule has 1 atom stereocenters. The maximum atomic E-state index is 10.6. The first-order valence-electron chi connectivity index (χ1n) is 5.13. The second-order valence-corrected chi connectivity index (χ2v) is 3.66. The molecule has 0 radical (unpaired) electrons. The van der Waals surface area contributed by atoms with Gasteiger partial charge in [0.2, 0.25) is 0 Å². The van der Waals surface area contributed by atoms with Crippen molar-refractivity contribution in [3.63, 3.8) is 0 Å². The fourth-order valence-corrected chi connectivity index (χ4v) is 1.54. The van der Waals surface area contributed by atoms with Gasteiger partial charge in [-0.3, -0.25) is 0 Å². The number of hydrogen-bond donors (Lipinski definition) is 1. The Balaban J connectivity index is 2.62. The number of aryl methyl sites for hydroxylation is 1. The first-order valence-corrected chi connectivity index (χ1v) is 5.13. The van der Waals surface area contributed by atoms with Crippen LogP contribution in [0.3, 0.4) is 0 Å². The number of primary amides is 1. The SMILES string of the molecule is CCC(Cc1cccc(C)c1)OC(N)=O. The Morgan fingerprint density at radius 1 is 1.53 bits per heavy atom. The van der Waals surface area contributed by atoms with Gasteiger partial charge in [-0.15, -0.1) is 0 Å². The van der Waals surface area contributed by atoms with Crippen LogP contribution in [-0.2, 0) is 11.2 Å². The third-order valence-electron chi connectivity index (χ3n) is 2.28. The molecule has 0 heterocycles. The van der Waals surface area contributed by atoms with E-state index in [0.29, 0.717) is 0 Å². The van der Waals surface area contributed by atoms with E-state index >= 15 is 0 Å². The minimum Gasteiger partial charge on any atom is -0.446 e. The number of benzene rings is 1. The van der Waals surface area contributed by atoms with Gasteiger partial charge in [0.25, 0.3) is 0 Å². The van der Waals surface area contributed by atoms with Gasteiger partial charge in [-0.05, 0) is 18.9 Å². The highest BCUT2D eigenvalue weighted by Crippen LogP contribution is 2.10. The van der Waals surface area contributed by atoms with E-state index in [1.54, 1.807) is 0 Å². The van der Waals surface area contributed by atoms with Crippen LogP contribution in [-0.4, -0.2) is 12.2 Å². The third kappa shape index (κ3) is 4.02. The van der Waals surface area contributed by atoms with E-state index in [9.17, 15) is 4.79 Å². The summed E-state index contributed by atoms with van der Waals surface area (Å²) in [6, 6.07) is 8.16. The Hall–Kier alpha value is -1.51. The zero-order valence-electron chi connectivity index (χ0n) is 9.19. The molecule has 0 aliphatic carbocycles. The van der Waals surface area contributed by atoms with E-state index in [1.807, 2.05) is 32.0 Å². The molecule has 0 aliphatic heterocycles. The summed E-state index contributed by atoms with van der Waals surface area (Å²) < 4.78 is 4.98. The van der Waals surface area contributed by atoms with Gasteiger partial charge in [0.1, 0.15) is 6.10 Å². The Kier molecular flexibility index (Phi) is 4.16. The van der Waals surface area contributed by atoms with Crippen LogP contribution < -0.4 is 5.73 Å². The fourth-order valence-electron chi connectivity index (χ4n) is 1.54. The lowest BCUT2D eigenvalue weighted by molar-refractivity contribution is 0.104. The Labute approximate surface area is 90.2 Å². The van der Waals surface area contributed by atoms with Crippen molar-refractivity contribution in [3.05, 3.63) is 35.4 Å². The summed E-state index contributed by atoms with van der Waals surface area (Å²) in [6.45, 7) is 4.02. The number of rotatable bonds is 4. The van der Waals surface area contributed by atoms with Crippen molar-refractivity contribution >= 4 is 6.09 Å². The molecule has 0 aromatic heterocycles. The number of amides is 1. The highest BCUT2D eigenvalue weighted by molar-refractivity contribution is 5.64. The van der Waals surface area contributed by atoms with Gasteiger partial charge in [0.15, 0.2) is 0 Å². The summed E-state index contributed by atoms with van der Waals surface area (Å²) in [5.74, 6) is 0. The molecule has 1 rings (SSSR count). The van der Waals surface area contributed by atoms with Crippen LogP contribution in [0, 0.1) is 6.92 Å². The standard InChI is InChI=1S/C12H17NO2/c1-3-11(15-12(13)14)8-10-6-4-5-9(2)7-10/h4-7,11H,3,8H2,1-2H3,(H2,13,14). The number of nitrogens with two attached hydrogens (primary N) is 1. The van der Waals surface area contributed by atoms with Gasteiger partial charge < -0.3 is 10.5 Å². The van der Waals surface area contributed by atoms with Crippen molar-refractivity contribution in [3.8, 4) is 0 Å². The average molecular weight is 207 g/mol. The fraction of sp³-hybridized carbons (Fsp3) is 0.417. The Morgan fingerprint density at radius 3 is 2.80 bits per heavy atom. The lowest BCUT2D eigenvalue weighted by Crippen LogP contribution is -2.24. The van der Waals surface area contributed by atoms with Crippen molar-refractivity contribution in [1.82, 2.24) is 0 Å². The van der Waals surface area contributed by atoms with Crippen LogP contribution in [0.2, 0.25) is 0 Å². The average Bonchev–Trinajstić information content (AvgIpc) is 2.16. The molecule has 3 nitrogen and oxygen atoms in total. The van der Waals surface area contributed by atoms with Crippen LogP contribution in [0.4, 0.5) is 4.79 Å². The minimum atomic E-state index is -0.700. The number of carbonyl (C=O) groups excluding carboxylic acids is 1. The topological polar surface area (TPSA) is 52.3 Å². The molecule has 0 fully saturated rings. The smallest absolute Gasteiger partial charge is 0.404 e. The van der Waals surface area contributed by atoms with E-state index in [2.05, 4.69) is 6.07 Å². The zero-order valence-corrected chi connectivity index (χ0v) is 9.19. The van der Waals surface area contributed by atoms with Crippen molar-refractivity contribution in [1.29, 1.82) is 0 Å². The number of ether oxygens (including phenoxy) is 1. The Bertz CT molecular complexity index is 336. The molecule has 2 N–H and O–H groups in total. The molecule has 1 amide bonds. The lowest BCUT2D eigenvalue weighted by Gasteiger charge is -2.14. The lowest BCUT2D eigenvalue weighted by atomic mass is 10.0. The highest BCUT2D eigenvalue weighted by atomic mass is 16.6. The summed E-state index contributed by atoms with van der Waals surface area (Å²) >= 11 is 0. The Morgan fingerprint density at radius 2 is 2.27 bits per heavy atom. The van der Waals surface area contributed by atoms with Gasteiger partial charge in [0, 0.05) is 6.42 Å². The summed E-state index contributed by atoms with van der Waals surface area (Å²) in [5.41, 5.74) is 7.37. The van der Waals surface area contributed by atoms with Crippen LogP contribution in [0.1, 0.15) is 24.5 Å². The molecule has 0 spiro atoms. The predicted molar refractivity (Wildman–Crippen MR) is 59.6 cm³/mol. The van der Waals surface area contributed by atoms with Crippen molar-refractivity contribution in [2.24, 2.45) is 5.73 Å². The molecule has 1 aromatic rings. The van der Waals surface area contributed by atoms with Gasteiger partial charge in [-0.1, -0.05) is 36.8 Å². The first-order chi connectivity index (χ1) is 7.11. The first kappa shape index (κ1) is 11.6. The maximum Gasteiger partial charge on any atom is 0.404 e. The molecule has 1 unspecified atom stereocenters. The molecular formula is C12H17NO2. The van der Waals surface area contributed by atoms with Gasteiger partial charge in [0.05, 0.1) is 0 Å². The van der Waals surface area contributed by atoms with E-state index in [4.69, 9.17) is 10.5 Å². The summed E-state index contributed by atoms with van der Waals surface area (Å²) in [5, 5.41) is 0. The molecular weight excluding hydrogens is 190 g/mol. The number of hydrogen-bond acceptors (Lipinski definition) is 2. The molecule has 0 bridgehead atoms. The van der Waals surface area contributed by atoms with E-state index < -0.39 is 6.09 Å². The second kappa shape index (κ2) is 5.39. The summed E-state index contributed by atoms with van der Waals surface area (Å²) in [7, 11) is 0. The highest BCUT2D eigenvalue weighted by Gasteiger charge is 2.10. The number of carbonyl (C=O) groups is 1. The quantitative estimate of drug-likeness (QED) is 0.824. The normalized spacial score (nSPS) is 12.1. The largest absolute Gasteiger partial charge is 0.446 e. The van der Waals surface area contributed by atoms with Gasteiger partial charge in [-0.2, -0.15) is 0 Å². The van der Waals surface area contributed by atoms with Crippen LogP contribution in [0.15, 0.2) is 24.3 Å². The van der Waals surface area contributed by atoms with Crippen molar-refractivity contribution < 1.29 is 9.53 Å². The maximum absolute atomic E-state index is 10.6. The van der Waals surface area contributed by atoms with Gasteiger partial charge >= 0.3 is 6.09 Å². The molecule has 3 heteroatoms. The molecule has 0 saturated carbocycles. The minimum absolute atomic E-state index is 0.121. The monoisotopic (exact) mass is 207 g/mol. The molecule has 0 saturated heterocycles. The second-order valence-electron chi connectivity index (χ2n) is 3.66. The van der Waals surface area contributed by atoms with Crippen LogP contribution >= 0.6 is 0 Å². The van der Waals surface area contributed by atoms with E-state index in [1.165, 1.54) is 11.1 Å². The van der Waals surface area contributed by atoms with Crippen LogP contribution in [0.25, 0.3) is 0 Å². The predicted octanol–water partition coefficient (Wildman–Crippen LogP) is 2.41. The van der Waals surface area contributed by atoms with Gasteiger partial charge in [-0.25, -0.2) is 4.79 Å². The van der Waals surface area contributed by atoms with Crippen LogP contribution in [0.5, 0.6) is 0 Å². The molecule has 15 heavy (non-hydrogen) atoms. The molecule has 82 valence electrons.